The number of anilines is 1. The summed E-state index contributed by atoms with van der Waals surface area (Å²) in [4.78, 5) is 23.6. The highest BCUT2D eigenvalue weighted by Gasteiger charge is 2.22. The topological polar surface area (TPSA) is 102 Å². The van der Waals surface area contributed by atoms with Crippen molar-refractivity contribution < 1.29 is 27.5 Å². The second-order valence-electron chi connectivity index (χ2n) is 6.09. The van der Waals surface area contributed by atoms with Crippen molar-refractivity contribution in [3.8, 4) is 5.75 Å². The Labute approximate surface area is 169 Å². The van der Waals surface area contributed by atoms with E-state index in [2.05, 4.69) is 10.1 Å². The number of nitrogens with zero attached hydrogens (tertiary/aromatic N) is 1. The molecule has 0 saturated carbocycles. The first-order chi connectivity index (χ1) is 13.7. The highest BCUT2D eigenvalue weighted by molar-refractivity contribution is 7.89. The van der Waals surface area contributed by atoms with Crippen LogP contribution in [0.5, 0.6) is 5.75 Å². The van der Waals surface area contributed by atoms with Crippen LogP contribution in [0.4, 0.5) is 5.69 Å². The lowest BCUT2D eigenvalue weighted by atomic mass is 10.2. The summed E-state index contributed by atoms with van der Waals surface area (Å²) in [6.45, 7) is 0. The zero-order valence-electron chi connectivity index (χ0n) is 16.5. The van der Waals surface area contributed by atoms with Gasteiger partial charge in [-0.05, 0) is 48.0 Å². The average Bonchev–Trinajstić information content (AvgIpc) is 2.71. The van der Waals surface area contributed by atoms with Crippen LogP contribution in [0, 0.1) is 0 Å². The summed E-state index contributed by atoms with van der Waals surface area (Å²) in [7, 11) is 1.82. The quantitative estimate of drug-likeness (QED) is 0.547. The van der Waals surface area contributed by atoms with Crippen molar-refractivity contribution in [2.24, 2.45) is 0 Å². The Hall–Kier alpha value is -3.17. The highest BCUT2D eigenvalue weighted by atomic mass is 32.2. The van der Waals surface area contributed by atoms with E-state index < -0.39 is 21.9 Å². The number of carbonyl (C=O) groups excluding carboxylic acids is 2. The molecule has 0 aliphatic heterocycles. The Morgan fingerprint density at radius 1 is 1.03 bits per heavy atom. The van der Waals surface area contributed by atoms with Crippen LogP contribution in [0.15, 0.2) is 53.4 Å². The molecule has 9 heteroatoms. The Balaban J connectivity index is 2.17. The van der Waals surface area contributed by atoms with Crippen LogP contribution >= 0.6 is 0 Å². The normalized spacial score (nSPS) is 11.5. The van der Waals surface area contributed by atoms with Gasteiger partial charge in [0.2, 0.25) is 15.9 Å². The molecule has 0 aliphatic rings. The molecule has 0 spiro atoms. The molecule has 0 bridgehead atoms. The van der Waals surface area contributed by atoms with Crippen molar-refractivity contribution in [2.45, 2.75) is 4.90 Å². The van der Waals surface area contributed by atoms with Gasteiger partial charge in [0, 0.05) is 25.9 Å². The number of esters is 1. The van der Waals surface area contributed by atoms with E-state index in [1.165, 1.54) is 64.7 Å². The SMILES string of the molecule is COC(=O)c1ccc(NC(=O)/C=C/c2ccc(OC)c(S(=O)(=O)N(C)C)c2)cc1. The minimum Gasteiger partial charge on any atom is -0.495 e. The number of ether oxygens (including phenoxy) is 2. The Morgan fingerprint density at radius 2 is 1.69 bits per heavy atom. The first-order valence-corrected chi connectivity index (χ1v) is 9.91. The van der Waals surface area contributed by atoms with Gasteiger partial charge in [0.15, 0.2) is 0 Å². The van der Waals surface area contributed by atoms with Crippen molar-refractivity contribution in [3.05, 3.63) is 59.7 Å². The predicted octanol–water partition coefficient (Wildman–Crippen LogP) is 2.38. The number of hydrogen-bond acceptors (Lipinski definition) is 6. The van der Waals surface area contributed by atoms with E-state index >= 15 is 0 Å². The van der Waals surface area contributed by atoms with E-state index in [1.807, 2.05) is 0 Å². The number of rotatable bonds is 7. The summed E-state index contributed by atoms with van der Waals surface area (Å²) < 4.78 is 35.7. The van der Waals surface area contributed by atoms with Crippen LogP contribution in [0.1, 0.15) is 15.9 Å². The summed E-state index contributed by atoms with van der Waals surface area (Å²) in [5.74, 6) is -0.666. The van der Waals surface area contributed by atoms with Gasteiger partial charge in [-0.2, -0.15) is 0 Å². The van der Waals surface area contributed by atoms with Crippen molar-refractivity contribution in [1.29, 1.82) is 0 Å². The zero-order valence-corrected chi connectivity index (χ0v) is 17.3. The van der Waals surface area contributed by atoms with E-state index in [9.17, 15) is 18.0 Å². The third-order valence-electron chi connectivity index (χ3n) is 3.95. The summed E-state index contributed by atoms with van der Waals surface area (Å²) in [5, 5.41) is 2.65. The molecule has 0 aliphatic carbocycles. The molecule has 0 unspecified atom stereocenters. The van der Waals surface area contributed by atoms with Gasteiger partial charge < -0.3 is 14.8 Å². The number of sulfonamides is 1. The maximum absolute atomic E-state index is 12.5. The Kier molecular flexibility index (Phi) is 7.13. The number of carbonyl (C=O) groups is 2. The standard InChI is InChI=1S/C20H22N2O6S/c1-22(2)29(25,26)18-13-14(5-11-17(18)27-3)6-12-19(23)21-16-9-7-15(8-10-16)20(24)28-4/h5-13H,1-4H3,(H,21,23)/b12-6+. The highest BCUT2D eigenvalue weighted by Crippen LogP contribution is 2.27. The van der Waals surface area contributed by atoms with E-state index in [0.29, 0.717) is 16.8 Å². The van der Waals surface area contributed by atoms with Crippen molar-refractivity contribution in [2.75, 3.05) is 33.6 Å². The van der Waals surface area contributed by atoms with Crippen LogP contribution in [0.25, 0.3) is 6.08 Å². The molecule has 29 heavy (non-hydrogen) atoms. The molecular weight excluding hydrogens is 396 g/mol. The van der Waals surface area contributed by atoms with Gasteiger partial charge in [-0.1, -0.05) is 6.07 Å². The van der Waals surface area contributed by atoms with Crippen LogP contribution in [-0.4, -0.2) is 52.9 Å². The van der Waals surface area contributed by atoms with Crippen molar-refractivity contribution in [3.63, 3.8) is 0 Å². The van der Waals surface area contributed by atoms with Crippen molar-refractivity contribution in [1.82, 2.24) is 4.31 Å². The summed E-state index contributed by atoms with van der Waals surface area (Å²) in [6, 6.07) is 10.8. The van der Waals surface area contributed by atoms with Crippen molar-refractivity contribution >= 4 is 33.7 Å². The first kappa shape index (κ1) is 22.1. The molecule has 0 radical (unpaired) electrons. The number of amides is 1. The fraction of sp³-hybridized carbons (Fsp3) is 0.200. The molecular formula is C20H22N2O6S. The van der Waals surface area contributed by atoms with Gasteiger partial charge >= 0.3 is 5.97 Å². The molecule has 2 aromatic rings. The Morgan fingerprint density at radius 3 is 2.24 bits per heavy atom. The molecule has 2 rings (SSSR count). The molecule has 2 aromatic carbocycles. The molecule has 0 fully saturated rings. The second-order valence-corrected chi connectivity index (χ2v) is 8.21. The minimum absolute atomic E-state index is 0.00552. The molecule has 1 N–H and O–H groups in total. The summed E-state index contributed by atoms with van der Waals surface area (Å²) in [5.41, 5.74) is 1.38. The van der Waals surface area contributed by atoms with Crippen LogP contribution in [0.2, 0.25) is 0 Å². The van der Waals surface area contributed by atoms with Gasteiger partial charge in [-0.25, -0.2) is 17.5 Å². The third-order valence-corrected chi connectivity index (χ3v) is 5.78. The monoisotopic (exact) mass is 418 g/mol. The zero-order chi connectivity index (χ0) is 21.6. The fourth-order valence-corrected chi connectivity index (χ4v) is 3.44. The van der Waals surface area contributed by atoms with E-state index in [-0.39, 0.29) is 10.6 Å². The van der Waals surface area contributed by atoms with Gasteiger partial charge in [-0.15, -0.1) is 0 Å². The van der Waals surface area contributed by atoms with E-state index in [4.69, 9.17) is 4.74 Å². The average molecular weight is 418 g/mol. The molecule has 154 valence electrons. The fourth-order valence-electron chi connectivity index (χ4n) is 2.36. The van der Waals surface area contributed by atoms with Crippen LogP contribution in [0.3, 0.4) is 0 Å². The lowest BCUT2D eigenvalue weighted by Gasteiger charge is -2.15. The lowest BCUT2D eigenvalue weighted by Crippen LogP contribution is -2.22. The molecule has 0 heterocycles. The molecule has 0 aromatic heterocycles. The number of hydrogen-bond donors (Lipinski definition) is 1. The van der Waals surface area contributed by atoms with Gasteiger partial charge in [0.05, 0.1) is 19.8 Å². The third kappa shape index (κ3) is 5.43. The van der Waals surface area contributed by atoms with Gasteiger partial charge in [0.25, 0.3) is 0 Å². The second kappa shape index (κ2) is 9.35. The maximum Gasteiger partial charge on any atom is 0.337 e. The number of benzene rings is 2. The van der Waals surface area contributed by atoms with Crippen LogP contribution in [-0.2, 0) is 19.6 Å². The molecule has 0 atom stereocenters. The first-order valence-electron chi connectivity index (χ1n) is 8.47. The summed E-state index contributed by atoms with van der Waals surface area (Å²) >= 11 is 0. The van der Waals surface area contributed by atoms with Gasteiger partial charge in [-0.3, -0.25) is 4.79 Å². The number of methoxy groups -OCH3 is 2. The predicted molar refractivity (Wildman–Crippen MR) is 109 cm³/mol. The number of nitrogens with one attached hydrogen (secondary N) is 1. The Bertz CT molecular complexity index is 1030. The van der Waals surface area contributed by atoms with E-state index in [0.717, 1.165) is 4.31 Å². The smallest absolute Gasteiger partial charge is 0.337 e. The maximum atomic E-state index is 12.5. The van der Waals surface area contributed by atoms with E-state index in [1.54, 1.807) is 18.2 Å². The van der Waals surface area contributed by atoms with Crippen LogP contribution < -0.4 is 10.1 Å². The molecule has 8 nitrogen and oxygen atoms in total. The van der Waals surface area contributed by atoms with Gasteiger partial charge in [0.1, 0.15) is 10.6 Å². The lowest BCUT2D eigenvalue weighted by molar-refractivity contribution is -0.111. The largest absolute Gasteiger partial charge is 0.495 e. The minimum atomic E-state index is -3.71. The molecule has 1 amide bonds. The summed E-state index contributed by atoms with van der Waals surface area (Å²) in [6.07, 6.45) is 2.77. The molecule has 0 saturated heterocycles.